The molecule has 0 spiro atoms. The number of sulfone groups is 1. The molecule has 2 rings (SSSR count). The van der Waals surface area contributed by atoms with Crippen LogP contribution in [-0.2, 0) is 14.6 Å². The molecule has 1 atom stereocenters. The number of rotatable bonds is 5. The zero-order chi connectivity index (χ0) is 15.3. The van der Waals surface area contributed by atoms with Crippen molar-refractivity contribution >= 4 is 15.7 Å². The molecule has 0 aliphatic carbocycles. The second kappa shape index (κ2) is 7.56. The number of hydrogen-bond donors (Lipinski definition) is 2. The molecule has 122 valence electrons. The first-order valence-corrected chi connectivity index (χ1v) is 9.69. The van der Waals surface area contributed by atoms with Crippen molar-refractivity contribution in [2.75, 3.05) is 44.2 Å². The zero-order valence-corrected chi connectivity index (χ0v) is 13.6. The van der Waals surface area contributed by atoms with E-state index in [4.69, 9.17) is 0 Å². The van der Waals surface area contributed by atoms with E-state index in [1.54, 1.807) is 0 Å². The minimum atomic E-state index is -2.97. The van der Waals surface area contributed by atoms with Gasteiger partial charge >= 0.3 is 0 Å². The normalized spacial score (nSPS) is 27.4. The summed E-state index contributed by atoms with van der Waals surface area (Å²) in [6.45, 7) is 6.48. The second-order valence-electron chi connectivity index (χ2n) is 6.34. The van der Waals surface area contributed by atoms with Crippen LogP contribution in [-0.4, -0.2) is 69.5 Å². The summed E-state index contributed by atoms with van der Waals surface area (Å²) in [5.41, 5.74) is 0. The summed E-state index contributed by atoms with van der Waals surface area (Å²) >= 11 is 0. The lowest BCUT2D eigenvalue weighted by atomic mass is 9.99. The molecule has 1 unspecified atom stereocenters. The van der Waals surface area contributed by atoms with Crippen molar-refractivity contribution in [3.8, 4) is 0 Å². The fourth-order valence-electron chi connectivity index (χ4n) is 2.93. The molecule has 2 N–H and O–H groups in total. The Kier molecular flexibility index (Phi) is 6.01. The number of hydrogen-bond acceptors (Lipinski definition) is 5. The Morgan fingerprint density at radius 1 is 1.33 bits per heavy atom. The van der Waals surface area contributed by atoms with Gasteiger partial charge in [0.1, 0.15) is 0 Å². The molecule has 2 fully saturated rings. The van der Waals surface area contributed by atoms with Crippen molar-refractivity contribution in [2.45, 2.75) is 32.2 Å². The average molecular weight is 317 g/mol. The summed E-state index contributed by atoms with van der Waals surface area (Å²) in [7, 11) is -2.97. The Morgan fingerprint density at radius 2 is 2.05 bits per heavy atom. The smallest absolute Gasteiger partial charge is 0.221 e. The highest BCUT2D eigenvalue weighted by Gasteiger charge is 2.25. The van der Waals surface area contributed by atoms with E-state index in [1.807, 2.05) is 0 Å². The topological polar surface area (TPSA) is 78.5 Å². The van der Waals surface area contributed by atoms with Crippen molar-refractivity contribution in [1.82, 2.24) is 15.5 Å². The van der Waals surface area contributed by atoms with Crippen molar-refractivity contribution < 1.29 is 13.2 Å². The number of carbonyl (C=O) groups is 1. The van der Waals surface area contributed by atoms with E-state index in [2.05, 4.69) is 22.5 Å². The number of nitrogens with one attached hydrogen (secondary N) is 2. The number of piperidine rings is 1. The summed E-state index contributed by atoms with van der Waals surface area (Å²) in [5, 5.41) is 6.00. The van der Waals surface area contributed by atoms with Crippen LogP contribution in [0.25, 0.3) is 0 Å². The van der Waals surface area contributed by atoms with Gasteiger partial charge in [-0.2, -0.15) is 0 Å². The van der Waals surface area contributed by atoms with Gasteiger partial charge in [-0.3, -0.25) is 4.79 Å². The van der Waals surface area contributed by atoms with Crippen LogP contribution in [0.5, 0.6) is 0 Å². The minimum absolute atomic E-state index is 0.0602. The number of carbonyl (C=O) groups excluding carboxylic acids is 1. The molecule has 2 saturated heterocycles. The van der Waals surface area contributed by atoms with Gasteiger partial charge in [-0.1, -0.05) is 6.92 Å². The molecular formula is C14H27N3O3S. The van der Waals surface area contributed by atoms with Gasteiger partial charge in [-0.25, -0.2) is 8.42 Å². The maximum Gasteiger partial charge on any atom is 0.221 e. The van der Waals surface area contributed by atoms with E-state index in [-0.39, 0.29) is 29.9 Å². The minimum Gasteiger partial charge on any atom is -0.355 e. The highest BCUT2D eigenvalue weighted by atomic mass is 32.2. The Labute approximate surface area is 127 Å². The first-order chi connectivity index (χ1) is 9.94. The molecule has 2 aliphatic heterocycles. The van der Waals surface area contributed by atoms with Crippen LogP contribution in [0.4, 0.5) is 0 Å². The molecule has 0 radical (unpaired) electrons. The molecule has 2 aliphatic rings. The molecule has 21 heavy (non-hydrogen) atoms. The van der Waals surface area contributed by atoms with Crippen LogP contribution in [0.3, 0.4) is 0 Å². The van der Waals surface area contributed by atoms with Crippen molar-refractivity contribution in [2.24, 2.45) is 5.92 Å². The average Bonchev–Trinajstić information content (AvgIpc) is 2.40. The number of nitrogens with zero attached hydrogens (tertiary/aromatic N) is 1. The largest absolute Gasteiger partial charge is 0.355 e. The summed E-state index contributed by atoms with van der Waals surface area (Å²) in [4.78, 5) is 14.2. The molecular weight excluding hydrogens is 290 g/mol. The van der Waals surface area contributed by atoms with Crippen molar-refractivity contribution in [1.29, 1.82) is 0 Å². The maximum atomic E-state index is 11.9. The van der Waals surface area contributed by atoms with Crippen LogP contribution in [0.1, 0.15) is 26.2 Å². The lowest BCUT2D eigenvalue weighted by Crippen LogP contribution is -2.47. The highest BCUT2D eigenvalue weighted by molar-refractivity contribution is 7.91. The molecule has 0 bridgehead atoms. The fourth-order valence-corrected chi connectivity index (χ4v) is 4.38. The first kappa shape index (κ1) is 16.7. The summed E-state index contributed by atoms with van der Waals surface area (Å²) < 4.78 is 23.0. The van der Waals surface area contributed by atoms with Crippen LogP contribution in [0.15, 0.2) is 0 Å². The Balaban J connectivity index is 1.61. The summed E-state index contributed by atoms with van der Waals surface area (Å²) in [5.74, 6) is 1.01. The quantitative estimate of drug-likeness (QED) is 0.722. The van der Waals surface area contributed by atoms with E-state index in [1.165, 1.54) is 12.8 Å². The second-order valence-corrected chi connectivity index (χ2v) is 8.57. The summed E-state index contributed by atoms with van der Waals surface area (Å²) in [6, 6.07) is -0.236. The Bertz CT molecular complexity index is 444. The standard InChI is InChI=1S/C14H27N3O3S/c1-12-2-6-17(7-3-12)8-4-16-14(18)10-13-11-21(19,20)9-5-15-13/h12-13,15H,2-11H2,1H3,(H,16,18). The Morgan fingerprint density at radius 3 is 2.71 bits per heavy atom. The molecule has 0 saturated carbocycles. The van der Waals surface area contributed by atoms with Crippen molar-refractivity contribution in [3.63, 3.8) is 0 Å². The van der Waals surface area contributed by atoms with E-state index < -0.39 is 9.84 Å². The molecule has 7 heteroatoms. The van der Waals surface area contributed by atoms with Crippen LogP contribution in [0, 0.1) is 5.92 Å². The maximum absolute atomic E-state index is 11.9. The summed E-state index contributed by atoms with van der Waals surface area (Å²) in [6.07, 6.45) is 2.71. The monoisotopic (exact) mass is 317 g/mol. The van der Waals surface area contributed by atoms with Gasteiger partial charge in [0, 0.05) is 32.1 Å². The predicted molar refractivity (Wildman–Crippen MR) is 82.9 cm³/mol. The van der Waals surface area contributed by atoms with Gasteiger partial charge in [0.05, 0.1) is 11.5 Å². The van der Waals surface area contributed by atoms with Gasteiger partial charge in [0.2, 0.25) is 5.91 Å². The van der Waals surface area contributed by atoms with Gasteiger partial charge in [-0.15, -0.1) is 0 Å². The highest BCUT2D eigenvalue weighted by Crippen LogP contribution is 2.15. The molecule has 2 heterocycles. The van der Waals surface area contributed by atoms with E-state index in [0.29, 0.717) is 13.1 Å². The zero-order valence-electron chi connectivity index (χ0n) is 12.8. The predicted octanol–water partition coefficient (Wildman–Crippen LogP) is -0.389. The Hall–Kier alpha value is -0.660. The third-order valence-corrected chi connectivity index (χ3v) is 6.10. The van der Waals surface area contributed by atoms with Crippen LogP contribution >= 0.6 is 0 Å². The van der Waals surface area contributed by atoms with Crippen LogP contribution in [0.2, 0.25) is 0 Å². The third kappa shape index (κ3) is 5.92. The van der Waals surface area contributed by atoms with Crippen molar-refractivity contribution in [3.05, 3.63) is 0 Å². The third-order valence-electron chi connectivity index (χ3n) is 4.36. The van der Waals surface area contributed by atoms with E-state index in [9.17, 15) is 13.2 Å². The molecule has 0 aromatic carbocycles. The first-order valence-electron chi connectivity index (χ1n) is 7.87. The molecule has 0 aromatic rings. The van der Waals surface area contributed by atoms with Gasteiger partial charge in [-0.05, 0) is 31.8 Å². The van der Waals surface area contributed by atoms with Crippen LogP contribution < -0.4 is 10.6 Å². The SMILES string of the molecule is CC1CCN(CCNC(=O)CC2CS(=O)(=O)CCN2)CC1. The van der Waals surface area contributed by atoms with E-state index in [0.717, 1.165) is 25.6 Å². The fraction of sp³-hybridized carbons (Fsp3) is 0.929. The molecule has 0 aromatic heterocycles. The number of amides is 1. The number of likely N-dealkylation sites (tertiary alicyclic amines) is 1. The lowest BCUT2D eigenvalue weighted by Gasteiger charge is -2.30. The lowest BCUT2D eigenvalue weighted by molar-refractivity contribution is -0.121. The molecule has 6 nitrogen and oxygen atoms in total. The van der Waals surface area contributed by atoms with Gasteiger partial charge in [0.25, 0.3) is 0 Å². The van der Waals surface area contributed by atoms with E-state index >= 15 is 0 Å². The molecule has 1 amide bonds. The van der Waals surface area contributed by atoms with Gasteiger partial charge in [0.15, 0.2) is 9.84 Å². The van der Waals surface area contributed by atoms with Gasteiger partial charge < -0.3 is 15.5 Å².